The minimum atomic E-state index is -0.0431. The quantitative estimate of drug-likeness (QED) is 0.826. The van der Waals surface area contributed by atoms with Crippen molar-refractivity contribution >= 4 is 11.8 Å². The fourth-order valence-corrected chi connectivity index (χ4v) is 3.29. The summed E-state index contributed by atoms with van der Waals surface area (Å²) in [6.07, 6.45) is 6.97. The lowest BCUT2D eigenvalue weighted by Crippen LogP contribution is -2.44. The van der Waals surface area contributed by atoms with Gasteiger partial charge in [0.2, 0.25) is 11.8 Å². The summed E-state index contributed by atoms with van der Waals surface area (Å²) in [7, 11) is 1.53. The summed E-state index contributed by atoms with van der Waals surface area (Å²) >= 11 is 0. The van der Waals surface area contributed by atoms with Gasteiger partial charge in [0, 0.05) is 49.9 Å². The number of imidazole rings is 1. The molecule has 0 bridgehead atoms. The van der Waals surface area contributed by atoms with Crippen molar-refractivity contribution in [2.75, 3.05) is 26.7 Å². The number of pyridine rings is 1. The smallest absolute Gasteiger partial charge is 0.254 e. The zero-order valence-electron chi connectivity index (χ0n) is 15.7. The van der Waals surface area contributed by atoms with Gasteiger partial charge in [-0.05, 0) is 31.7 Å². The molecule has 1 atom stereocenters. The Bertz CT molecular complexity index is 804. The molecule has 0 aromatic carbocycles. The number of carbonyl (C=O) groups is 2. The van der Waals surface area contributed by atoms with E-state index in [1.165, 1.54) is 7.11 Å². The molecule has 1 N–H and O–H groups in total. The number of methoxy groups -OCH3 is 1. The SMILES string of the molecule is COc1cc(C(=O)N2CCCC(CNC(=O)Cn3ccnc3C)C2)ccn1. The average Bonchev–Trinajstić information content (AvgIpc) is 3.10. The molecule has 2 aromatic heterocycles. The maximum Gasteiger partial charge on any atom is 0.254 e. The number of aryl methyl sites for hydroxylation is 1. The number of hydrogen-bond donors (Lipinski definition) is 1. The van der Waals surface area contributed by atoms with Gasteiger partial charge in [-0.25, -0.2) is 9.97 Å². The molecule has 2 amide bonds. The minimum absolute atomic E-state index is 0.0271. The third-order valence-corrected chi connectivity index (χ3v) is 4.82. The Balaban J connectivity index is 1.52. The molecule has 1 saturated heterocycles. The largest absolute Gasteiger partial charge is 0.481 e. The number of piperidine rings is 1. The first-order valence-corrected chi connectivity index (χ1v) is 9.10. The number of likely N-dealkylation sites (tertiary alicyclic amines) is 1. The first-order valence-electron chi connectivity index (χ1n) is 9.10. The Hall–Kier alpha value is -2.90. The normalized spacial score (nSPS) is 16.8. The standard InChI is InChI=1S/C19H25N5O3/c1-14-20-7-9-23(14)13-17(25)22-11-15-4-3-8-24(12-15)19(26)16-5-6-21-18(10-16)27-2/h5-7,9-10,15H,3-4,8,11-13H2,1-2H3,(H,22,25). The highest BCUT2D eigenvalue weighted by atomic mass is 16.5. The average molecular weight is 371 g/mol. The van der Waals surface area contributed by atoms with E-state index in [1.54, 1.807) is 30.7 Å². The molecule has 144 valence electrons. The van der Waals surface area contributed by atoms with Gasteiger partial charge in [-0.3, -0.25) is 9.59 Å². The van der Waals surface area contributed by atoms with Crippen molar-refractivity contribution < 1.29 is 14.3 Å². The van der Waals surface area contributed by atoms with Gasteiger partial charge in [-0.15, -0.1) is 0 Å². The van der Waals surface area contributed by atoms with Crippen LogP contribution in [0.1, 0.15) is 29.0 Å². The van der Waals surface area contributed by atoms with E-state index in [0.29, 0.717) is 24.5 Å². The summed E-state index contributed by atoms with van der Waals surface area (Å²) in [6.45, 7) is 4.05. The summed E-state index contributed by atoms with van der Waals surface area (Å²) in [5.74, 6) is 1.42. The van der Waals surface area contributed by atoms with Crippen molar-refractivity contribution in [1.29, 1.82) is 0 Å². The zero-order chi connectivity index (χ0) is 19.2. The maximum absolute atomic E-state index is 12.7. The van der Waals surface area contributed by atoms with Crippen LogP contribution in [-0.2, 0) is 11.3 Å². The lowest BCUT2D eigenvalue weighted by atomic mass is 9.97. The number of nitrogens with one attached hydrogen (secondary N) is 1. The predicted molar refractivity (Wildman–Crippen MR) is 99.4 cm³/mol. The highest BCUT2D eigenvalue weighted by Gasteiger charge is 2.25. The number of aromatic nitrogens is 3. The number of rotatable bonds is 6. The van der Waals surface area contributed by atoms with Crippen LogP contribution in [0.4, 0.5) is 0 Å². The first-order chi connectivity index (χ1) is 13.1. The van der Waals surface area contributed by atoms with Gasteiger partial charge < -0.3 is 19.5 Å². The Labute approximate surface area is 158 Å². The summed E-state index contributed by atoms with van der Waals surface area (Å²) in [5.41, 5.74) is 0.571. The number of nitrogens with zero attached hydrogens (tertiary/aromatic N) is 4. The first kappa shape index (κ1) is 18.9. The molecule has 3 rings (SSSR count). The van der Waals surface area contributed by atoms with Crippen LogP contribution in [-0.4, -0.2) is 58.0 Å². The molecule has 0 aliphatic carbocycles. The zero-order valence-corrected chi connectivity index (χ0v) is 15.7. The fourth-order valence-electron chi connectivity index (χ4n) is 3.29. The van der Waals surface area contributed by atoms with Crippen molar-refractivity contribution in [2.24, 2.45) is 5.92 Å². The monoisotopic (exact) mass is 371 g/mol. The Kier molecular flexibility index (Phi) is 6.05. The van der Waals surface area contributed by atoms with Gasteiger partial charge in [-0.2, -0.15) is 0 Å². The van der Waals surface area contributed by atoms with E-state index in [9.17, 15) is 9.59 Å². The molecular weight excluding hydrogens is 346 g/mol. The molecule has 8 nitrogen and oxygen atoms in total. The van der Waals surface area contributed by atoms with E-state index in [0.717, 1.165) is 25.2 Å². The van der Waals surface area contributed by atoms with Crippen LogP contribution in [0.25, 0.3) is 0 Å². The molecule has 8 heteroatoms. The van der Waals surface area contributed by atoms with Crippen LogP contribution in [0.2, 0.25) is 0 Å². The second-order valence-corrected chi connectivity index (χ2v) is 6.75. The van der Waals surface area contributed by atoms with Crippen molar-refractivity contribution in [3.8, 4) is 5.88 Å². The molecule has 1 fully saturated rings. The van der Waals surface area contributed by atoms with E-state index >= 15 is 0 Å². The fraction of sp³-hybridized carbons (Fsp3) is 0.474. The van der Waals surface area contributed by atoms with Crippen LogP contribution < -0.4 is 10.1 Å². The van der Waals surface area contributed by atoms with E-state index in [1.807, 2.05) is 16.4 Å². The second kappa shape index (κ2) is 8.66. The van der Waals surface area contributed by atoms with Gasteiger partial charge in [-0.1, -0.05) is 0 Å². The molecule has 1 unspecified atom stereocenters. The van der Waals surface area contributed by atoms with Crippen LogP contribution in [0.15, 0.2) is 30.7 Å². The third kappa shape index (κ3) is 4.84. The highest BCUT2D eigenvalue weighted by Crippen LogP contribution is 2.19. The van der Waals surface area contributed by atoms with Gasteiger partial charge in [0.15, 0.2) is 0 Å². The number of hydrogen-bond acceptors (Lipinski definition) is 5. The van der Waals surface area contributed by atoms with Crippen LogP contribution in [0.3, 0.4) is 0 Å². The van der Waals surface area contributed by atoms with Crippen molar-refractivity contribution in [2.45, 2.75) is 26.3 Å². The van der Waals surface area contributed by atoms with Gasteiger partial charge in [0.1, 0.15) is 12.4 Å². The Morgan fingerprint density at radius 3 is 2.93 bits per heavy atom. The lowest BCUT2D eigenvalue weighted by Gasteiger charge is -2.33. The topological polar surface area (TPSA) is 89.4 Å². The summed E-state index contributed by atoms with van der Waals surface area (Å²) in [5, 5.41) is 2.98. The van der Waals surface area contributed by atoms with Gasteiger partial charge >= 0.3 is 0 Å². The molecule has 0 spiro atoms. The van der Waals surface area contributed by atoms with Crippen LogP contribution >= 0.6 is 0 Å². The van der Waals surface area contributed by atoms with Crippen LogP contribution in [0.5, 0.6) is 5.88 Å². The molecule has 1 aliphatic heterocycles. The summed E-state index contributed by atoms with van der Waals surface area (Å²) in [4.78, 5) is 34.9. The minimum Gasteiger partial charge on any atom is -0.481 e. The maximum atomic E-state index is 12.7. The van der Waals surface area contributed by atoms with Crippen LogP contribution in [0, 0.1) is 12.8 Å². The summed E-state index contributed by atoms with van der Waals surface area (Å²) in [6, 6.07) is 3.35. The van der Waals surface area contributed by atoms with Crippen molar-refractivity contribution in [1.82, 2.24) is 24.8 Å². The molecule has 1 aliphatic rings. The molecule has 3 heterocycles. The van der Waals surface area contributed by atoms with Crippen molar-refractivity contribution in [3.63, 3.8) is 0 Å². The molecular formula is C19H25N5O3. The third-order valence-electron chi connectivity index (χ3n) is 4.82. The highest BCUT2D eigenvalue weighted by molar-refractivity contribution is 5.94. The van der Waals surface area contributed by atoms with Gasteiger partial charge in [0.25, 0.3) is 5.91 Å². The number of carbonyl (C=O) groups excluding carboxylic acids is 2. The van der Waals surface area contributed by atoms with Gasteiger partial charge in [0.05, 0.1) is 7.11 Å². The number of amides is 2. The lowest BCUT2D eigenvalue weighted by molar-refractivity contribution is -0.121. The van der Waals surface area contributed by atoms with E-state index in [4.69, 9.17) is 4.74 Å². The summed E-state index contributed by atoms with van der Waals surface area (Å²) < 4.78 is 6.90. The molecule has 0 radical (unpaired) electrons. The van der Waals surface area contributed by atoms with E-state index in [-0.39, 0.29) is 24.3 Å². The predicted octanol–water partition coefficient (Wildman–Crippen LogP) is 1.26. The Morgan fingerprint density at radius 1 is 1.33 bits per heavy atom. The molecule has 0 saturated carbocycles. The Morgan fingerprint density at radius 2 is 2.19 bits per heavy atom. The molecule has 2 aromatic rings. The molecule has 27 heavy (non-hydrogen) atoms. The van der Waals surface area contributed by atoms with E-state index < -0.39 is 0 Å². The van der Waals surface area contributed by atoms with E-state index in [2.05, 4.69) is 15.3 Å². The van der Waals surface area contributed by atoms with Crippen molar-refractivity contribution in [3.05, 3.63) is 42.1 Å². The second-order valence-electron chi connectivity index (χ2n) is 6.75. The number of ether oxygens (including phenoxy) is 1.